The van der Waals surface area contributed by atoms with E-state index in [1.54, 1.807) is 13.8 Å². The van der Waals surface area contributed by atoms with Gasteiger partial charge < -0.3 is 13.7 Å². The lowest BCUT2D eigenvalue weighted by Crippen LogP contribution is -2.31. The van der Waals surface area contributed by atoms with Crippen LogP contribution in [0.3, 0.4) is 0 Å². The summed E-state index contributed by atoms with van der Waals surface area (Å²) in [6.45, 7) is 6.05. The van der Waals surface area contributed by atoms with Gasteiger partial charge in [0.15, 0.2) is 0 Å². The van der Waals surface area contributed by atoms with Crippen LogP contribution in [-0.2, 0) is 14.9 Å². The highest BCUT2D eigenvalue weighted by Gasteiger charge is 2.35. The van der Waals surface area contributed by atoms with Crippen molar-refractivity contribution in [2.75, 3.05) is 0 Å². The number of ketones is 1. The number of Topliss-reactive ketones (excluding diaryl/α,β-unsaturated/α-hetero) is 1. The van der Waals surface area contributed by atoms with Crippen LogP contribution in [0, 0.1) is 0 Å². The van der Waals surface area contributed by atoms with Gasteiger partial charge in [-0.25, -0.2) is 0 Å². The third-order valence-electron chi connectivity index (χ3n) is 4.41. The summed E-state index contributed by atoms with van der Waals surface area (Å²) in [6.07, 6.45) is 3.75. The van der Waals surface area contributed by atoms with Gasteiger partial charge in [-0.1, -0.05) is 12.8 Å². The van der Waals surface area contributed by atoms with Crippen LogP contribution in [0.4, 0.5) is 0 Å². The molecule has 0 aliphatic carbocycles. The second-order valence-corrected chi connectivity index (χ2v) is 11.7. The summed E-state index contributed by atoms with van der Waals surface area (Å²) in [5, 5.41) is 0. The molecule has 0 radical (unpaired) electrons. The van der Waals surface area contributed by atoms with Gasteiger partial charge in [0.25, 0.3) is 10.1 Å². The van der Waals surface area contributed by atoms with Gasteiger partial charge >= 0.3 is 0 Å². The molecular formula is C15H32O7S2. The van der Waals surface area contributed by atoms with Gasteiger partial charge in [0.2, 0.25) is 0 Å². The van der Waals surface area contributed by atoms with Gasteiger partial charge in [0, 0.05) is 12.8 Å². The van der Waals surface area contributed by atoms with Crippen LogP contribution < -0.4 is 0 Å². The molecule has 0 bridgehead atoms. The molecule has 0 unspecified atom stereocenters. The highest BCUT2D eigenvalue weighted by Crippen LogP contribution is 2.50. The molecule has 0 rings (SSSR count). The molecular weight excluding hydrogens is 356 g/mol. The van der Waals surface area contributed by atoms with Crippen molar-refractivity contribution < 1.29 is 31.4 Å². The standard InChI is InChI=1S/C15H32O7S2/c1-14(2,23(17,18)19)11-7-5-9-13(16)10-6-8-12-15(3,4)24(20,21)22/h17-19H,5-12H2,1-4H3,(H,20,21,22). The van der Waals surface area contributed by atoms with Gasteiger partial charge in [-0.2, -0.15) is 8.42 Å². The first kappa shape index (κ1) is 23.8. The lowest BCUT2D eigenvalue weighted by molar-refractivity contribution is -0.119. The van der Waals surface area contributed by atoms with Crippen LogP contribution in [0.25, 0.3) is 0 Å². The topological polar surface area (TPSA) is 132 Å². The van der Waals surface area contributed by atoms with Crippen LogP contribution in [0.2, 0.25) is 0 Å². The minimum atomic E-state index is -4.09. The Morgan fingerprint density at radius 1 is 0.750 bits per heavy atom. The SMILES string of the molecule is CC(C)(CCCCC(=O)CCCCC(C)(C)S(=O)(=O)O)S(O)(O)O. The summed E-state index contributed by atoms with van der Waals surface area (Å²) in [7, 11) is -7.69. The Morgan fingerprint density at radius 3 is 1.46 bits per heavy atom. The first-order valence-corrected chi connectivity index (χ1v) is 11.0. The fraction of sp³-hybridized carbons (Fsp3) is 0.933. The van der Waals surface area contributed by atoms with Gasteiger partial charge in [-0.05, 0) is 53.4 Å². The zero-order chi connectivity index (χ0) is 19.2. The molecule has 7 nitrogen and oxygen atoms in total. The molecule has 0 amide bonds. The molecule has 0 aliphatic heterocycles. The first-order chi connectivity index (χ1) is 10.6. The maximum atomic E-state index is 11.8. The second-order valence-electron chi connectivity index (χ2n) is 7.47. The van der Waals surface area contributed by atoms with E-state index in [-0.39, 0.29) is 5.78 Å². The van der Waals surface area contributed by atoms with Crippen molar-refractivity contribution in [2.24, 2.45) is 0 Å². The van der Waals surface area contributed by atoms with Crippen molar-refractivity contribution in [1.29, 1.82) is 0 Å². The highest BCUT2D eigenvalue weighted by molar-refractivity contribution is 8.20. The smallest absolute Gasteiger partial charge is 0.270 e. The normalized spacial score (nSPS) is 14.7. The van der Waals surface area contributed by atoms with E-state index in [0.29, 0.717) is 51.4 Å². The minimum Gasteiger partial charge on any atom is -0.308 e. The van der Waals surface area contributed by atoms with E-state index in [1.807, 2.05) is 0 Å². The Bertz CT molecular complexity index is 504. The molecule has 0 fully saturated rings. The van der Waals surface area contributed by atoms with Crippen LogP contribution in [0.5, 0.6) is 0 Å². The molecule has 0 aromatic carbocycles. The number of hydrogen-bond acceptors (Lipinski definition) is 6. The lowest BCUT2D eigenvalue weighted by Gasteiger charge is -2.37. The Kier molecular flexibility index (Phi) is 8.88. The lowest BCUT2D eigenvalue weighted by atomic mass is 10.00. The van der Waals surface area contributed by atoms with Crippen LogP contribution in [0.1, 0.15) is 79.1 Å². The van der Waals surface area contributed by atoms with E-state index in [1.165, 1.54) is 13.8 Å². The molecule has 0 aromatic heterocycles. The van der Waals surface area contributed by atoms with Crippen LogP contribution >= 0.6 is 10.9 Å². The van der Waals surface area contributed by atoms with E-state index in [9.17, 15) is 26.9 Å². The Balaban J connectivity index is 3.94. The van der Waals surface area contributed by atoms with Crippen molar-refractivity contribution in [3.05, 3.63) is 0 Å². The van der Waals surface area contributed by atoms with Crippen molar-refractivity contribution in [3.8, 4) is 0 Å². The fourth-order valence-electron chi connectivity index (χ4n) is 2.14. The predicted octanol–water partition coefficient (Wildman–Crippen LogP) is 4.34. The summed E-state index contributed by atoms with van der Waals surface area (Å²) in [5.74, 6) is 0.0769. The molecule has 0 aliphatic rings. The molecule has 0 saturated heterocycles. The van der Waals surface area contributed by atoms with E-state index in [0.717, 1.165) is 0 Å². The highest BCUT2D eigenvalue weighted by atomic mass is 32.3. The largest absolute Gasteiger partial charge is 0.308 e. The molecule has 0 saturated carbocycles. The molecule has 0 aromatic rings. The molecule has 9 heteroatoms. The van der Waals surface area contributed by atoms with E-state index in [2.05, 4.69) is 0 Å². The van der Waals surface area contributed by atoms with E-state index < -0.39 is 30.5 Å². The van der Waals surface area contributed by atoms with Gasteiger partial charge in [-0.15, -0.1) is 0 Å². The Labute approximate surface area is 147 Å². The zero-order valence-corrected chi connectivity index (χ0v) is 16.6. The molecule has 0 heterocycles. The molecule has 146 valence electrons. The first-order valence-electron chi connectivity index (χ1n) is 8.09. The van der Waals surface area contributed by atoms with Crippen molar-refractivity contribution in [3.63, 3.8) is 0 Å². The summed E-state index contributed by atoms with van der Waals surface area (Å²) < 4.78 is 57.0. The molecule has 0 atom stereocenters. The summed E-state index contributed by atoms with van der Waals surface area (Å²) in [5.41, 5.74) is 0. The van der Waals surface area contributed by atoms with E-state index in [4.69, 9.17) is 4.55 Å². The second kappa shape index (κ2) is 8.95. The van der Waals surface area contributed by atoms with E-state index >= 15 is 0 Å². The number of carbonyl (C=O) groups is 1. The average Bonchev–Trinajstić information content (AvgIpc) is 2.37. The third kappa shape index (κ3) is 8.26. The molecule has 0 spiro atoms. The van der Waals surface area contributed by atoms with Crippen molar-refractivity contribution >= 4 is 26.8 Å². The Hall–Kier alpha value is -0.190. The van der Waals surface area contributed by atoms with Crippen LogP contribution in [0.15, 0.2) is 0 Å². The summed E-state index contributed by atoms with van der Waals surface area (Å²) in [6, 6.07) is 0. The maximum absolute atomic E-state index is 11.8. The Morgan fingerprint density at radius 2 is 1.12 bits per heavy atom. The number of carbonyl (C=O) groups excluding carboxylic acids is 1. The average molecular weight is 389 g/mol. The van der Waals surface area contributed by atoms with Gasteiger partial charge in [0.1, 0.15) is 5.78 Å². The molecule has 24 heavy (non-hydrogen) atoms. The van der Waals surface area contributed by atoms with Gasteiger partial charge in [0.05, 0.1) is 20.4 Å². The number of rotatable bonds is 12. The molecule has 4 N–H and O–H groups in total. The van der Waals surface area contributed by atoms with Gasteiger partial charge in [-0.3, -0.25) is 9.35 Å². The van der Waals surface area contributed by atoms with Crippen molar-refractivity contribution in [1.82, 2.24) is 0 Å². The fourth-order valence-corrected chi connectivity index (χ4v) is 2.96. The maximum Gasteiger partial charge on any atom is 0.270 e. The van der Waals surface area contributed by atoms with Crippen LogP contribution in [-0.4, -0.2) is 41.9 Å². The quantitative estimate of drug-likeness (QED) is 0.289. The predicted molar refractivity (Wildman–Crippen MR) is 97.1 cm³/mol. The zero-order valence-electron chi connectivity index (χ0n) is 15.0. The number of hydrogen-bond donors (Lipinski definition) is 4. The monoisotopic (exact) mass is 388 g/mol. The summed E-state index contributed by atoms with van der Waals surface area (Å²) in [4.78, 5) is 11.8. The van der Waals surface area contributed by atoms with Crippen molar-refractivity contribution in [2.45, 2.75) is 88.6 Å². The third-order valence-corrected chi connectivity index (χ3v) is 7.70. The minimum absolute atomic E-state index is 0.0769. The number of unbranched alkanes of at least 4 members (excludes halogenated alkanes) is 2. The summed E-state index contributed by atoms with van der Waals surface area (Å²) >= 11 is 0.